The molecule has 1 aliphatic rings. The summed E-state index contributed by atoms with van der Waals surface area (Å²) < 4.78 is 2.20. The van der Waals surface area contributed by atoms with Gasteiger partial charge in [0, 0.05) is 30.2 Å². The first-order valence-corrected chi connectivity index (χ1v) is 6.11. The Balaban J connectivity index is 1.96. The highest BCUT2D eigenvalue weighted by Gasteiger charge is 2.15. The van der Waals surface area contributed by atoms with Gasteiger partial charge in [-0.3, -0.25) is 0 Å². The van der Waals surface area contributed by atoms with Gasteiger partial charge in [-0.05, 0) is 43.5 Å². The van der Waals surface area contributed by atoms with Crippen LogP contribution in [0.4, 0.5) is 0 Å². The summed E-state index contributed by atoms with van der Waals surface area (Å²) in [7, 11) is 2.11. The van der Waals surface area contributed by atoms with Crippen LogP contribution >= 0.6 is 0 Å². The van der Waals surface area contributed by atoms with Gasteiger partial charge in [0.05, 0.1) is 0 Å². The lowest BCUT2D eigenvalue weighted by Gasteiger charge is -2.11. The van der Waals surface area contributed by atoms with Gasteiger partial charge >= 0.3 is 0 Å². The molecule has 3 rings (SSSR count). The first-order valence-electron chi connectivity index (χ1n) is 6.11. The van der Waals surface area contributed by atoms with Crippen molar-refractivity contribution in [3.05, 3.63) is 36.0 Å². The molecule has 0 spiro atoms. The highest BCUT2D eigenvalue weighted by atomic mass is 14.9. The number of hydrogen-bond donors (Lipinski definition) is 1. The first kappa shape index (κ1) is 9.91. The average molecular weight is 214 g/mol. The van der Waals surface area contributed by atoms with Crippen LogP contribution in [0, 0.1) is 0 Å². The topological polar surface area (TPSA) is 17.0 Å². The highest BCUT2D eigenvalue weighted by molar-refractivity contribution is 5.83. The number of aryl methyl sites for hydroxylation is 1. The van der Waals surface area contributed by atoms with Crippen LogP contribution in [0.1, 0.15) is 18.4 Å². The largest absolute Gasteiger partial charge is 0.351 e. The van der Waals surface area contributed by atoms with E-state index < -0.39 is 0 Å². The number of rotatable bonds is 2. The molecule has 0 radical (unpaired) electrons. The molecule has 1 unspecified atom stereocenters. The van der Waals surface area contributed by atoms with Crippen LogP contribution in [0.15, 0.2) is 30.5 Å². The minimum atomic E-state index is 0.686. The van der Waals surface area contributed by atoms with Gasteiger partial charge in [0.15, 0.2) is 0 Å². The SMILES string of the molecule is Cn1ccc2c(CC3CCCN3)cccc21. The van der Waals surface area contributed by atoms with Crippen molar-refractivity contribution in [1.82, 2.24) is 9.88 Å². The van der Waals surface area contributed by atoms with Gasteiger partial charge in [0.25, 0.3) is 0 Å². The number of hydrogen-bond acceptors (Lipinski definition) is 1. The monoisotopic (exact) mass is 214 g/mol. The van der Waals surface area contributed by atoms with Crippen molar-refractivity contribution >= 4 is 10.9 Å². The summed E-state index contributed by atoms with van der Waals surface area (Å²) in [5.74, 6) is 0. The number of aromatic nitrogens is 1. The molecule has 1 aromatic heterocycles. The second kappa shape index (κ2) is 3.95. The van der Waals surface area contributed by atoms with Crippen LogP contribution in [-0.2, 0) is 13.5 Å². The van der Waals surface area contributed by atoms with Gasteiger partial charge in [-0.1, -0.05) is 12.1 Å². The molecule has 2 heterocycles. The molecule has 1 atom stereocenters. The molecular formula is C14H18N2. The van der Waals surface area contributed by atoms with Crippen molar-refractivity contribution in [2.24, 2.45) is 7.05 Å². The van der Waals surface area contributed by atoms with E-state index in [1.807, 2.05) is 0 Å². The van der Waals surface area contributed by atoms with Crippen LogP contribution < -0.4 is 5.32 Å². The molecule has 0 saturated carbocycles. The molecule has 1 N–H and O–H groups in total. The molecule has 16 heavy (non-hydrogen) atoms. The van der Waals surface area contributed by atoms with E-state index in [4.69, 9.17) is 0 Å². The van der Waals surface area contributed by atoms with Crippen LogP contribution in [0.25, 0.3) is 10.9 Å². The third kappa shape index (κ3) is 1.63. The lowest BCUT2D eigenvalue weighted by atomic mass is 10.0. The molecule has 2 heteroatoms. The molecule has 1 saturated heterocycles. The number of nitrogens with zero attached hydrogens (tertiary/aromatic N) is 1. The van der Waals surface area contributed by atoms with Crippen molar-refractivity contribution in [2.75, 3.05) is 6.54 Å². The fourth-order valence-electron chi connectivity index (χ4n) is 2.74. The average Bonchev–Trinajstić information content (AvgIpc) is 2.90. The van der Waals surface area contributed by atoms with Gasteiger partial charge in [-0.15, -0.1) is 0 Å². The Morgan fingerprint density at radius 3 is 3.12 bits per heavy atom. The molecule has 0 aliphatic carbocycles. The summed E-state index contributed by atoms with van der Waals surface area (Å²) in [5, 5.41) is 4.99. The summed E-state index contributed by atoms with van der Waals surface area (Å²) >= 11 is 0. The van der Waals surface area contributed by atoms with Crippen molar-refractivity contribution in [3.8, 4) is 0 Å². The Labute approximate surface area is 96.3 Å². The van der Waals surface area contributed by atoms with Crippen molar-refractivity contribution in [3.63, 3.8) is 0 Å². The summed E-state index contributed by atoms with van der Waals surface area (Å²) in [4.78, 5) is 0. The molecule has 0 amide bonds. The number of fused-ring (bicyclic) bond motifs is 1. The second-order valence-corrected chi connectivity index (χ2v) is 4.77. The Morgan fingerprint density at radius 2 is 2.31 bits per heavy atom. The van der Waals surface area contributed by atoms with Gasteiger partial charge in [0.1, 0.15) is 0 Å². The summed E-state index contributed by atoms with van der Waals surface area (Å²) in [5.41, 5.74) is 2.83. The molecule has 1 fully saturated rings. The van der Waals surface area contributed by atoms with Crippen LogP contribution in [0.2, 0.25) is 0 Å². The van der Waals surface area contributed by atoms with Crippen LogP contribution in [0.3, 0.4) is 0 Å². The predicted octanol–water partition coefficient (Wildman–Crippen LogP) is 2.47. The summed E-state index contributed by atoms with van der Waals surface area (Å²) in [6.07, 6.45) is 5.97. The molecule has 1 aromatic carbocycles. The molecule has 0 bridgehead atoms. The highest BCUT2D eigenvalue weighted by Crippen LogP contribution is 2.22. The number of nitrogens with one attached hydrogen (secondary N) is 1. The van der Waals surface area contributed by atoms with E-state index >= 15 is 0 Å². The van der Waals surface area contributed by atoms with Crippen molar-refractivity contribution in [2.45, 2.75) is 25.3 Å². The van der Waals surface area contributed by atoms with Crippen LogP contribution in [-0.4, -0.2) is 17.2 Å². The quantitative estimate of drug-likeness (QED) is 0.812. The maximum Gasteiger partial charge on any atom is 0.0480 e. The van der Waals surface area contributed by atoms with E-state index in [1.165, 1.54) is 42.3 Å². The zero-order valence-electron chi connectivity index (χ0n) is 9.74. The smallest absolute Gasteiger partial charge is 0.0480 e. The van der Waals surface area contributed by atoms with E-state index in [9.17, 15) is 0 Å². The first-order chi connectivity index (χ1) is 7.84. The number of benzene rings is 1. The molecule has 84 valence electrons. The molecule has 2 nitrogen and oxygen atoms in total. The third-order valence-corrected chi connectivity index (χ3v) is 3.65. The zero-order chi connectivity index (χ0) is 11.0. The van der Waals surface area contributed by atoms with Crippen LogP contribution in [0.5, 0.6) is 0 Å². The van der Waals surface area contributed by atoms with E-state index in [1.54, 1.807) is 0 Å². The fraction of sp³-hybridized carbons (Fsp3) is 0.429. The lowest BCUT2D eigenvalue weighted by molar-refractivity contribution is 0.605. The van der Waals surface area contributed by atoms with E-state index in [0.717, 1.165) is 0 Å². The Morgan fingerprint density at radius 1 is 1.38 bits per heavy atom. The van der Waals surface area contributed by atoms with E-state index in [-0.39, 0.29) is 0 Å². The van der Waals surface area contributed by atoms with Gasteiger partial charge < -0.3 is 9.88 Å². The standard InChI is InChI=1S/C14H18N2/c1-16-9-7-13-11(4-2-6-14(13)16)10-12-5-3-8-15-12/h2,4,6-7,9,12,15H,3,5,8,10H2,1H3. The predicted molar refractivity (Wildman–Crippen MR) is 67.6 cm³/mol. The van der Waals surface area contributed by atoms with E-state index in [0.29, 0.717) is 6.04 Å². The lowest BCUT2D eigenvalue weighted by Crippen LogP contribution is -2.23. The zero-order valence-corrected chi connectivity index (χ0v) is 9.74. The summed E-state index contributed by atoms with van der Waals surface area (Å²) in [6, 6.07) is 9.56. The summed E-state index contributed by atoms with van der Waals surface area (Å²) in [6.45, 7) is 1.19. The normalized spacial score (nSPS) is 20.7. The molecule has 2 aromatic rings. The maximum absolute atomic E-state index is 3.57. The van der Waals surface area contributed by atoms with Crippen molar-refractivity contribution < 1.29 is 0 Å². The minimum absolute atomic E-state index is 0.686. The Hall–Kier alpha value is -1.28. The molecule has 1 aliphatic heterocycles. The fourth-order valence-corrected chi connectivity index (χ4v) is 2.74. The van der Waals surface area contributed by atoms with Crippen molar-refractivity contribution in [1.29, 1.82) is 0 Å². The maximum atomic E-state index is 3.57. The van der Waals surface area contributed by atoms with Gasteiger partial charge in [0.2, 0.25) is 0 Å². The van der Waals surface area contributed by atoms with Gasteiger partial charge in [-0.25, -0.2) is 0 Å². The minimum Gasteiger partial charge on any atom is -0.351 e. The Bertz CT molecular complexity index is 492. The molecular weight excluding hydrogens is 196 g/mol. The van der Waals surface area contributed by atoms with E-state index in [2.05, 4.69) is 47.4 Å². The third-order valence-electron chi connectivity index (χ3n) is 3.65. The Kier molecular flexibility index (Phi) is 2.44. The van der Waals surface area contributed by atoms with Gasteiger partial charge in [-0.2, -0.15) is 0 Å². The second-order valence-electron chi connectivity index (χ2n) is 4.77.